The Balaban J connectivity index is 2.09. The number of amides is 2. The normalized spacial score (nSPS) is 17.3. The second-order valence-electron chi connectivity index (χ2n) is 7.98. The van der Waals surface area contributed by atoms with Crippen LogP contribution in [0.1, 0.15) is 71.9 Å². The number of benzene rings is 1. The van der Waals surface area contributed by atoms with E-state index < -0.39 is 0 Å². The fourth-order valence-electron chi connectivity index (χ4n) is 3.48. The van der Waals surface area contributed by atoms with Gasteiger partial charge in [0, 0.05) is 12.5 Å². The van der Waals surface area contributed by atoms with Crippen LogP contribution in [0.25, 0.3) is 0 Å². The van der Waals surface area contributed by atoms with Gasteiger partial charge in [-0.15, -0.1) is 0 Å². The van der Waals surface area contributed by atoms with Gasteiger partial charge in [0.1, 0.15) is 6.04 Å². The van der Waals surface area contributed by atoms with E-state index >= 15 is 0 Å². The lowest BCUT2D eigenvalue weighted by molar-refractivity contribution is -0.141. The highest BCUT2D eigenvalue weighted by Gasteiger charge is 2.35. The van der Waals surface area contributed by atoms with Gasteiger partial charge in [0.2, 0.25) is 11.8 Å². The molecule has 1 fully saturated rings. The molecule has 1 N–H and O–H groups in total. The van der Waals surface area contributed by atoms with E-state index in [0.717, 1.165) is 30.6 Å². The molecule has 0 saturated carbocycles. The predicted molar refractivity (Wildman–Crippen MR) is 114 cm³/mol. The van der Waals surface area contributed by atoms with E-state index in [1.54, 1.807) is 4.90 Å². The van der Waals surface area contributed by atoms with Crippen molar-refractivity contribution < 1.29 is 19.1 Å². The summed E-state index contributed by atoms with van der Waals surface area (Å²) in [6, 6.07) is 5.24. The minimum absolute atomic E-state index is 0.0444. The summed E-state index contributed by atoms with van der Waals surface area (Å²) in [6.45, 7) is 11.7. The smallest absolute Gasteiger partial charge is 0.243 e. The van der Waals surface area contributed by atoms with Crippen LogP contribution in [0.2, 0.25) is 0 Å². The summed E-state index contributed by atoms with van der Waals surface area (Å²) in [5.74, 6) is 1.28. The molecule has 1 heterocycles. The third-order valence-electron chi connectivity index (χ3n) is 5.08. The molecule has 6 heteroatoms. The number of nitrogens with zero attached hydrogens (tertiary/aromatic N) is 1. The fraction of sp³-hybridized carbons (Fsp3) is 0.652. The van der Waals surface area contributed by atoms with Crippen molar-refractivity contribution in [2.45, 2.75) is 72.4 Å². The van der Waals surface area contributed by atoms with Crippen LogP contribution in [-0.2, 0) is 9.59 Å². The quantitative estimate of drug-likeness (QED) is 0.638. The van der Waals surface area contributed by atoms with Crippen LogP contribution < -0.4 is 14.8 Å². The van der Waals surface area contributed by atoms with E-state index in [2.05, 4.69) is 19.2 Å². The van der Waals surface area contributed by atoms with Crippen LogP contribution in [0.15, 0.2) is 18.2 Å². The highest BCUT2D eigenvalue weighted by Crippen LogP contribution is 2.31. The first-order chi connectivity index (χ1) is 13.9. The summed E-state index contributed by atoms with van der Waals surface area (Å²) >= 11 is 0. The van der Waals surface area contributed by atoms with E-state index in [1.165, 1.54) is 0 Å². The van der Waals surface area contributed by atoms with Gasteiger partial charge in [-0.1, -0.05) is 33.8 Å². The molecule has 6 nitrogen and oxygen atoms in total. The van der Waals surface area contributed by atoms with Gasteiger partial charge >= 0.3 is 0 Å². The standard InChI is InChI=1S/C23H36N2O4/c1-6-13-28-20-11-10-18(15-21(20)29-14-7-2)17(5)24-22(26)19-9-8-12-25(19)23(27)16(3)4/h10-11,15-17,19H,6-9,12-14H2,1-5H3,(H,24,26). The van der Waals surface area contributed by atoms with Gasteiger partial charge < -0.3 is 19.7 Å². The SMILES string of the molecule is CCCOc1ccc(C(C)NC(=O)C2CCCN2C(=O)C(C)C)cc1OCCC. The molecular formula is C23H36N2O4. The molecule has 0 aliphatic carbocycles. The van der Waals surface area contributed by atoms with Gasteiger partial charge in [-0.25, -0.2) is 0 Å². The molecule has 162 valence electrons. The summed E-state index contributed by atoms with van der Waals surface area (Å²) < 4.78 is 11.6. The number of hydrogen-bond donors (Lipinski definition) is 1. The lowest BCUT2D eigenvalue weighted by Crippen LogP contribution is -2.47. The van der Waals surface area contributed by atoms with Gasteiger partial charge in [0.25, 0.3) is 0 Å². The Bertz CT molecular complexity index is 689. The predicted octanol–water partition coefficient (Wildman–Crippen LogP) is 4.09. The van der Waals surface area contributed by atoms with E-state index in [9.17, 15) is 9.59 Å². The molecule has 0 radical (unpaired) electrons. The van der Waals surface area contributed by atoms with Crippen LogP contribution in [0, 0.1) is 5.92 Å². The third kappa shape index (κ3) is 6.12. The zero-order chi connectivity index (χ0) is 21.4. The van der Waals surface area contributed by atoms with Gasteiger partial charge in [-0.3, -0.25) is 9.59 Å². The number of ether oxygens (including phenoxy) is 2. The number of carbonyl (C=O) groups is 2. The maximum absolute atomic E-state index is 12.9. The van der Waals surface area contributed by atoms with Gasteiger partial charge in [-0.05, 0) is 50.3 Å². The lowest BCUT2D eigenvalue weighted by atomic mass is 10.1. The van der Waals surface area contributed by atoms with E-state index in [1.807, 2.05) is 39.0 Å². The molecule has 1 aliphatic rings. The van der Waals surface area contributed by atoms with Crippen LogP contribution in [0.3, 0.4) is 0 Å². The fourth-order valence-corrected chi connectivity index (χ4v) is 3.48. The van der Waals surface area contributed by atoms with Crippen LogP contribution in [-0.4, -0.2) is 42.5 Å². The maximum atomic E-state index is 12.9. The summed E-state index contributed by atoms with van der Waals surface area (Å²) in [5, 5.41) is 3.08. The van der Waals surface area contributed by atoms with Crippen molar-refractivity contribution in [1.82, 2.24) is 10.2 Å². The van der Waals surface area contributed by atoms with Crippen molar-refractivity contribution in [2.24, 2.45) is 5.92 Å². The van der Waals surface area contributed by atoms with Crippen molar-refractivity contribution in [3.8, 4) is 11.5 Å². The molecule has 29 heavy (non-hydrogen) atoms. The summed E-state index contributed by atoms with van der Waals surface area (Å²) in [6.07, 6.45) is 3.41. The highest BCUT2D eigenvalue weighted by molar-refractivity contribution is 5.89. The Morgan fingerprint density at radius 2 is 1.76 bits per heavy atom. The molecule has 0 spiro atoms. The zero-order valence-corrected chi connectivity index (χ0v) is 18.5. The molecule has 1 aliphatic heterocycles. The molecule has 1 aromatic rings. The Hall–Kier alpha value is -2.24. The molecule has 0 bridgehead atoms. The number of carbonyl (C=O) groups excluding carboxylic acids is 2. The summed E-state index contributed by atoms with van der Waals surface area (Å²) in [4.78, 5) is 27.0. The van der Waals surface area contributed by atoms with Crippen molar-refractivity contribution >= 4 is 11.8 Å². The average molecular weight is 405 g/mol. The molecule has 2 atom stereocenters. The molecule has 1 aromatic carbocycles. The van der Waals surface area contributed by atoms with Crippen LogP contribution >= 0.6 is 0 Å². The first-order valence-electron chi connectivity index (χ1n) is 10.9. The Labute approximate surface area is 174 Å². The van der Waals surface area contributed by atoms with Gasteiger partial charge in [0.05, 0.1) is 19.3 Å². The second-order valence-corrected chi connectivity index (χ2v) is 7.98. The van der Waals surface area contributed by atoms with Crippen molar-refractivity contribution in [2.75, 3.05) is 19.8 Å². The minimum atomic E-state index is -0.379. The topological polar surface area (TPSA) is 67.9 Å². The third-order valence-corrected chi connectivity index (χ3v) is 5.08. The lowest BCUT2D eigenvalue weighted by Gasteiger charge is -2.27. The second kappa shape index (κ2) is 11.1. The van der Waals surface area contributed by atoms with Crippen LogP contribution in [0.4, 0.5) is 0 Å². The number of rotatable bonds is 10. The Morgan fingerprint density at radius 1 is 1.10 bits per heavy atom. The molecule has 2 unspecified atom stereocenters. The van der Waals surface area contributed by atoms with Crippen molar-refractivity contribution in [3.63, 3.8) is 0 Å². The summed E-state index contributed by atoms with van der Waals surface area (Å²) in [5.41, 5.74) is 0.952. The molecule has 1 saturated heterocycles. The Kier molecular flexibility index (Phi) is 8.80. The van der Waals surface area contributed by atoms with E-state index in [4.69, 9.17) is 9.47 Å². The molecule has 2 amide bonds. The molecule has 0 aromatic heterocycles. The van der Waals surface area contributed by atoms with Crippen molar-refractivity contribution in [3.05, 3.63) is 23.8 Å². The van der Waals surface area contributed by atoms with Gasteiger partial charge in [0.15, 0.2) is 11.5 Å². The zero-order valence-electron chi connectivity index (χ0n) is 18.5. The number of hydrogen-bond acceptors (Lipinski definition) is 4. The number of nitrogens with one attached hydrogen (secondary N) is 1. The minimum Gasteiger partial charge on any atom is -0.490 e. The Morgan fingerprint density at radius 3 is 2.38 bits per heavy atom. The number of likely N-dealkylation sites (tertiary alicyclic amines) is 1. The van der Waals surface area contributed by atoms with Gasteiger partial charge in [-0.2, -0.15) is 0 Å². The first-order valence-corrected chi connectivity index (χ1v) is 10.9. The highest BCUT2D eigenvalue weighted by atomic mass is 16.5. The molecule has 2 rings (SSSR count). The van der Waals surface area contributed by atoms with E-state index in [0.29, 0.717) is 31.9 Å². The van der Waals surface area contributed by atoms with E-state index in [-0.39, 0.29) is 29.8 Å². The van der Waals surface area contributed by atoms with Crippen LogP contribution in [0.5, 0.6) is 11.5 Å². The molecular weight excluding hydrogens is 368 g/mol. The van der Waals surface area contributed by atoms with Crippen molar-refractivity contribution in [1.29, 1.82) is 0 Å². The maximum Gasteiger partial charge on any atom is 0.243 e. The summed E-state index contributed by atoms with van der Waals surface area (Å²) in [7, 11) is 0. The first kappa shape index (κ1) is 23.0. The monoisotopic (exact) mass is 404 g/mol. The largest absolute Gasteiger partial charge is 0.490 e. The average Bonchev–Trinajstić information content (AvgIpc) is 3.20.